The van der Waals surface area contributed by atoms with E-state index in [0.29, 0.717) is 27.5 Å². The van der Waals surface area contributed by atoms with Gasteiger partial charge < -0.3 is 9.47 Å². The van der Waals surface area contributed by atoms with Crippen LogP contribution in [-0.2, 0) is 9.53 Å². The zero-order valence-corrected chi connectivity index (χ0v) is 17.1. The third-order valence-electron chi connectivity index (χ3n) is 4.01. The van der Waals surface area contributed by atoms with Gasteiger partial charge in [-0.1, -0.05) is 30.0 Å². The molecule has 6 nitrogen and oxygen atoms in total. The maximum Gasteiger partial charge on any atom is 0.316 e. The molecular weight excluding hydrogens is 376 g/mol. The van der Waals surface area contributed by atoms with E-state index in [1.54, 1.807) is 39.2 Å². The molecule has 2 aromatic carbocycles. The van der Waals surface area contributed by atoms with Gasteiger partial charge in [0.25, 0.3) is 5.56 Å². The number of para-hydroxylation sites is 1. The van der Waals surface area contributed by atoms with Gasteiger partial charge in [0, 0.05) is 0 Å². The van der Waals surface area contributed by atoms with Gasteiger partial charge in [-0.2, -0.15) is 0 Å². The number of ether oxygens (including phenoxy) is 2. The van der Waals surface area contributed by atoms with Crippen LogP contribution in [0.15, 0.2) is 52.4 Å². The fraction of sp³-hybridized carbons (Fsp3) is 0.286. The van der Waals surface area contributed by atoms with Gasteiger partial charge in [0.2, 0.25) is 0 Å². The molecular formula is C21H22N2O4S. The third kappa shape index (κ3) is 4.20. The van der Waals surface area contributed by atoms with Crippen LogP contribution >= 0.6 is 11.8 Å². The summed E-state index contributed by atoms with van der Waals surface area (Å²) in [5.74, 6) is 0.249. The van der Waals surface area contributed by atoms with E-state index in [-0.39, 0.29) is 23.4 Å². The van der Waals surface area contributed by atoms with Gasteiger partial charge in [0.05, 0.1) is 35.6 Å². The highest BCUT2D eigenvalue weighted by Gasteiger charge is 2.18. The predicted octanol–water partition coefficient (Wildman–Crippen LogP) is 3.75. The molecule has 0 aliphatic carbocycles. The third-order valence-corrected chi connectivity index (χ3v) is 4.92. The summed E-state index contributed by atoms with van der Waals surface area (Å²) in [5, 5.41) is 0.911. The SMILES string of the molecule is COc1ccc(C)cc1-n1c(SCC(=O)OC(C)C)nc2ccccc2c1=O. The standard InChI is InChI=1S/C21H22N2O4S/c1-13(2)27-19(24)12-28-21-22-16-8-6-5-7-15(16)20(25)23(21)17-11-14(3)9-10-18(17)26-4/h5-11,13H,12H2,1-4H3. The lowest BCUT2D eigenvalue weighted by Crippen LogP contribution is -2.23. The number of hydrogen-bond donors (Lipinski definition) is 0. The Morgan fingerprint density at radius 2 is 1.96 bits per heavy atom. The second kappa shape index (κ2) is 8.48. The fourth-order valence-electron chi connectivity index (χ4n) is 2.82. The van der Waals surface area contributed by atoms with E-state index in [0.717, 1.165) is 5.56 Å². The fourth-order valence-corrected chi connectivity index (χ4v) is 3.61. The lowest BCUT2D eigenvalue weighted by Gasteiger charge is -2.16. The van der Waals surface area contributed by atoms with E-state index in [9.17, 15) is 9.59 Å². The number of esters is 1. The highest BCUT2D eigenvalue weighted by Crippen LogP contribution is 2.28. The highest BCUT2D eigenvalue weighted by atomic mass is 32.2. The molecule has 0 amide bonds. The van der Waals surface area contributed by atoms with Gasteiger partial charge in [0.1, 0.15) is 5.75 Å². The molecule has 0 bridgehead atoms. The van der Waals surface area contributed by atoms with Crippen LogP contribution in [0, 0.1) is 6.92 Å². The zero-order chi connectivity index (χ0) is 20.3. The predicted molar refractivity (Wildman–Crippen MR) is 111 cm³/mol. The van der Waals surface area contributed by atoms with Crippen LogP contribution in [0.5, 0.6) is 5.75 Å². The first-order valence-corrected chi connectivity index (χ1v) is 9.88. The minimum atomic E-state index is -0.356. The van der Waals surface area contributed by atoms with Gasteiger partial charge in [-0.3, -0.25) is 14.2 Å². The topological polar surface area (TPSA) is 70.4 Å². The van der Waals surface area contributed by atoms with Gasteiger partial charge in [-0.15, -0.1) is 0 Å². The van der Waals surface area contributed by atoms with Gasteiger partial charge in [0.15, 0.2) is 5.16 Å². The molecule has 7 heteroatoms. The molecule has 0 unspecified atom stereocenters. The molecule has 3 rings (SSSR count). The average molecular weight is 398 g/mol. The van der Waals surface area contributed by atoms with Gasteiger partial charge in [-0.25, -0.2) is 4.98 Å². The summed E-state index contributed by atoms with van der Waals surface area (Å²) in [6.45, 7) is 5.53. The van der Waals surface area contributed by atoms with Crippen molar-refractivity contribution < 1.29 is 14.3 Å². The van der Waals surface area contributed by atoms with E-state index < -0.39 is 0 Å². The van der Waals surface area contributed by atoms with Crippen molar-refractivity contribution in [3.8, 4) is 11.4 Å². The maximum atomic E-state index is 13.3. The molecule has 3 aromatic rings. The highest BCUT2D eigenvalue weighted by molar-refractivity contribution is 7.99. The molecule has 0 aliphatic heterocycles. The molecule has 0 N–H and O–H groups in total. The van der Waals surface area contributed by atoms with Crippen LogP contribution in [0.4, 0.5) is 0 Å². The van der Waals surface area contributed by atoms with E-state index in [1.165, 1.54) is 16.3 Å². The van der Waals surface area contributed by atoms with E-state index >= 15 is 0 Å². The number of hydrogen-bond acceptors (Lipinski definition) is 6. The molecule has 1 heterocycles. The summed E-state index contributed by atoms with van der Waals surface area (Å²) in [6.07, 6.45) is -0.197. The Hall–Kier alpha value is -2.80. The first-order chi connectivity index (χ1) is 13.4. The lowest BCUT2D eigenvalue weighted by atomic mass is 10.2. The van der Waals surface area contributed by atoms with Crippen molar-refractivity contribution in [2.24, 2.45) is 0 Å². The van der Waals surface area contributed by atoms with Crippen LogP contribution in [0.25, 0.3) is 16.6 Å². The molecule has 146 valence electrons. The Morgan fingerprint density at radius 3 is 2.68 bits per heavy atom. The zero-order valence-electron chi connectivity index (χ0n) is 16.3. The van der Waals surface area contributed by atoms with Crippen LogP contribution in [0.1, 0.15) is 19.4 Å². The summed E-state index contributed by atoms with van der Waals surface area (Å²) in [7, 11) is 1.56. The molecule has 0 saturated heterocycles. The Labute approximate surface area is 167 Å². The number of nitrogens with zero attached hydrogens (tertiary/aromatic N) is 2. The van der Waals surface area contributed by atoms with Crippen LogP contribution in [0.3, 0.4) is 0 Å². The maximum absolute atomic E-state index is 13.3. The summed E-state index contributed by atoms with van der Waals surface area (Å²) >= 11 is 1.17. The van der Waals surface area contributed by atoms with Crippen molar-refractivity contribution in [2.45, 2.75) is 32.0 Å². The van der Waals surface area contributed by atoms with Crippen LogP contribution in [-0.4, -0.2) is 34.5 Å². The van der Waals surface area contributed by atoms with Crippen molar-refractivity contribution in [2.75, 3.05) is 12.9 Å². The first kappa shape index (κ1) is 19.9. The summed E-state index contributed by atoms with van der Waals surface area (Å²) in [5.41, 5.74) is 1.93. The summed E-state index contributed by atoms with van der Waals surface area (Å²) in [4.78, 5) is 29.9. The van der Waals surface area contributed by atoms with Crippen molar-refractivity contribution in [1.82, 2.24) is 9.55 Å². The minimum Gasteiger partial charge on any atom is -0.495 e. The smallest absolute Gasteiger partial charge is 0.316 e. The van der Waals surface area contributed by atoms with Gasteiger partial charge >= 0.3 is 5.97 Å². The van der Waals surface area contributed by atoms with Crippen molar-refractivity contribution >= 4 is 28.6 Å². The molecule has 0 atom stereocenters. The average Bonchev–Trinajstić information content (AvgIpc) is 2.66. The Balaban J connectivity index is 2.17. The number of aryl methyl sites for hydroxylation is 1. The van der Waals surface area contributed by atoms with Gasteiger partial charge in [-0.05, 0) is 50.6 Å². The molecule has 0 saturated carbocycles. The Kier molecular flexibility index (Phi) is 6.04. The number of rotatable bonds is 6. The monoisotopic (exact) mass is 398 g/mol. The van der Waals surface area contributed by atoms with Crippen LogP contribution < -0.4 is 10.3 Å². The Morgan fingerprint density at radius 1 is 1.21 bits per heavy atom. The number of fused-ring (bicyclic) bond motifs is 1. The number of carbonyl (C=O) groups excluding carboxylic acids is 1. The number of methoxy groups -OCH3 is 1. The normalized spacial score (nSPS) is 11.0. The van der Waals surface area contributed by atoms with Crippen LogP contribution in [0.2, 0.25) is 0 Å². The van der Waals surface area contributed by atoms with Crippen molar-refractivity contribution in [3.63, 3.8) is 0 Å². The van der Waals surface area contributed by atoms with E-state index in [4.69, 9.17) is 9.47 Å². The molecule has 0 radical (unpaired) electrons. The van der Waals surface area contributed by atoms with E-state index in [2.05, 4.69) is 4.98 Å². The summed E-state index contributed by atoms with van der Waals surface area (Å²) in [6, 6.07) is 12.7. The number of aromatic nitrogens is 2. The minimum absolute atomic E-state index is 0.0527. The molecule has 0 fully saturated rings. The first-order valence-electron chi connectivity index (χ1n) is 8.89. The largest absolute Gasteiger partial charge is 0.495 e. The Bertz CT molecular complexity index is 1080. The molecule has 0 aliphatic rings. The lowest BCUT2D eigenvalue weighted by molar-refractivity contribution is -0.144. The number of benzene rings is 2. The van der Waals surface area contributed by atoms with Crippen molar-refractivity contribution in [3.05, 3.63) is 58.4 Å². The number of thioether (sulfide) groups is 1. The molecule has 28 heavy (non-hydrogen) atoms. The molecule has 1 aromatic heterocycles. The summed E-state index contributed by atoms with van der Waals surface area (Å²) < 4.78 is 12.2. The molecule has 0 spiro atoms. The van der Waals surface area contributed by atoms with Crippen molar-refractivity contribution in [1.29, 1.82) is 0 Å². The second-order valence-electron chi connectivity index (χ2n) is 6.55. The second-order valence-corrected chi connectivity index (χ2v) is 7.50. The quantitative estimate of drug-likeness (QED) is 0.358. The van der Waals surface area contributed by atoms with E-state index in [1.807, 2.05) is 31.2 Å². The number of carbonyl (C=O) groups is 1.